The quantitative estimate of drug-likeness (QED) is 0.620. The molecule has 0 rings (SSSR count). The Kier molecular flexibility index (Phi) is 28.6. The predicted molar refractivity (Wildman–Crippen MR) is 44.8 cm³/mol. The van der Waals surface area contributed by atoms with Crippen LogP contribution >= 0.6 is 0 Å². The van der Waals surface area contributed by atoms with Gasteiger partial charge in [0.25, 0.3) is 0 Å². The van der Waals surface area contributed by atoms with Crippen LogP contribution in [0, 0.1) is 19.8 Å². The third-order valence-corrected chi connectivity index (χ3v) is 0.500. The molecule has 0 saturated heterocycles. The Bertz CT molecular complexity index is 29.0. The molecule has 0 atom stereocenters. The van der Waals surface area contributed by atoms with Crippen LogP contribution in [0.25, 0.3) is 0 Å². The monoisotopic (exact) mass is 216 g/mol. The van der Waals surface area contributed by atoms with Crippen molar-refractivity contribution in [3.05, 3.63) is 19.8 Å². The predicted octanol–water partition coefficient (Wildman–Crippen LogP) is 3.44. The van der Waals surface area contributed by atoms with E-state index in [4.69, 9.17) is 0 Å². The van der Waals surface area contributed by atoms with Crippen molar-refractivity contribution in [2.45, 2.75) is 40.0 Å². The molecule has 0 aliphatic rings. The molecule has 0 fully saturated rings. The van der Waals surface area contributed by atoms with Gasteiger partial charge >= 0.3 is 32.7 Å². The second kappa shape index (κ2) is 16.6. The van der Waals surface area contributed by atoms with Gasteiger partial charge in [-0.2, -0.15) is 33.6 Å². The maximum atomic E-state index is 3.64. The van der Waals surface area contributed by atoms with E-state index in [-0.39, 0.29) is 32.7 Å². The average Bonchev–Trinajstić information content (AvgIpc) is 1.66. The van der Waals surface area contributed by atoms with Crippen molar-refractivity contribution in [1.29, 1.82) is 0 Å². The summed E-state index contributed by atoms with van der Waals surface area (Å²) in [6, 6.07) is 0. The fourth-order valence-corrected chi connectivity index (χ4v) is 0.177. The molecular weight excluding hydrogens is 197 g/mol. The zero-order chi connectivity index (χ0) is 7.70. The van der Waals surface area contributed by atoms with Crippen LogP contribution in [0.4, 0.5) is 0 Å². The van der Waals surface area contributed by atoms with Gasteiger partial charge in [-0.3, -0.25) is 0 Å². The van der Waals surface area contributed by atoms with E-state index in [1.54, 1.807) is 0 Å². The fourth-order valence-electron chi connectivity index (χ4n) is 0.177. The first kappa shape index (κ1) is 17.3. The van der Waals surface area contributed by atoms with E-state index in [2.05, 4.69) is 34.6 Å². The SMILES string of the molecule is C[C-](C)C.[CH2-]CCC[CH2-].[Y+3]. The molecule has 0 unspecified atom stereocenters. The van der Waals surface area contributed by atoms with Gasteiger partial charge in [0, 0.05) is 0 Å². The van der Waals surface area contributed by atoms with Crippen LogP contribution in [0.5, 0.6) is 0 Å². The van der Waals surface area contributed by atoms with Crippen LogP contribution in [-0.4, -0.2) is 0 Å². The van der Waals surface area contributed by atoms with Crippen LogP contribution in [0.15, 0.2) is 0 Å². The van der Waals surface area contributed by atoms with Gasteiger partial charge < -0.3 is 19.8 Å². The van der Waals surface area contributed by atoms with E-state index in [1.165, 1.54) is 12.3 Å². The minimum atomic E-state index is 0. The summed E-state index contributed by atoms with van der Waals surface area (Å²) in [5.41, 5.74) is 0. The summed E-state index contributed by atoms with van der Waals surface area (Å²) in [6.45, 7) is 13.5. The molecule has 0 nitrogen and oxygen atoms in total. The molecule has 0 aliphatic carbocycles. The van der Waals surface area contributed by atoms with Crippen molar-refractivity contribution in [2.75, 3.05) is 0 Å². The molecule has 10 heavy (non-hydrogen) atoms. The normalized spacial score (nSPS) is 7.80. The minimum Gasteiger partial charge on any atom is -0.343 e. The maximum Gasteiger partial charge on any atom is 3.00 e. The van der Waals surface area contributed by atoms with E-state index in [9.17, 15) is 0 Å². The molecule has 0 saturated carbocycles. The van der Waals surface area contributed by atoms with E-state index < -0.39 is 0 Å². The summed E-state index contributed by atoms with van der Waals surface area (Å²) in [4.78, 5) is 0. The Morgan fingerprint density at radius 2 is 1.20 bits per heavy atom. The molecular formula is C9H19Y. The van der Waals surface area contributed by atoms with Crippen molar-refractivity contribution in [3.8, 4) is 0 Å². The number of hydrogen-bond donors (Lipinski definition) is 0. The zero-order valence-electron chi connectivity index (χ0n) is 7.61. The van der Waals surface area contributed by atoms with Crippen molar-refractivity contribution in [1.82, 2.24) is 0 Å². The van der Waals surface area contributed by atoms with Crippen LogP contribution in [-0.2, 0) is 32.7 Å². The molecule has 58 valence electrons. The van der Waals surface area contributed by atoms with Crippen molar-refractivity contribution in [3.63, 3.8) is 0 Å². The Hall–Kier alpha value is 1.10. The Labute approximate surface area is 92.0 Å². The number of rotatable bonds is 2. The molecule has 0 N–H and O–H groups in total. The second-order valence-corrected chi connectivity index (χ2v) is 2.56. The summed E-state index contributed by atoms with van der Waals surface area (Å²) in [6.07, 6.45) is 3.23. The molecule has 1 heteroatoms. The largest absolute Gasteiger partial charge is 3.00 e. The standard InChI is InChI=1S/C5H10.C4H9.Y/c1-3-5-4-2;1-4(2)3;/h1-5H2;1-3H3;/q-2;-1;+3. The summed E-state index contributed by atoms with van der Waals surface area (Å²) in [5, 5.41) is 0. The Morgan fingerprint density at radius 1 is 1.00 bits per heavy atom. The summed E-state index contributed by atoms with van der Waals surface area (Å²) in [7, 11) is 0. The molecule has 0 aromatic carbocycles. The van der Waals surface area contributed by atoms with Gasteiger partial charge in [-0.15, -0.1) is 6.42 Å². The summed E-state index contributed by atoms with van der Waals surface area (Å²) in [5.74, 6) is 1.42. The molecule has 0 bridgehead atoms. The third kappa shape index (κ3) is 62.1. The molecule has 0 radical (unpaired) electrons. The zero-order valence-corrected chi connectivity index (χ0v) is 10.5. The van der Waals surface area contributed by atoms with Gasteiger partial charge in [0.15, 0.2) is 0 Å². The number of unbranched alkanes of at least 4 members (excludes halogenated alkanes) is 2. The van der Waals surface area contributed by atoms with Crippen LogP contribution in [0.3, 0.4) is 0 Å². The molecule has 0 aliphatic heterocycles. The third-order valence-electron chi connectivity index (χ3n) is 0.500. The van der Waals surface area contributed by atoms with Gasteiger partial charge in [0.1, 0.15) is 0 Å². The topological polar surface area (TPSA) is 0 Å². The Morgan fingerprint density at radius 3 is 1.20 bits per heavy atom. The van der Waals surface area contributed by atoms with E-state index in [0.717, 1.165) is 12.8 Å². The van der Waals surface area contributed by atoms with E-state index in [1.807, 2.05) is 0 Å². The van der Waals surface area contributed by atoms with Gasteiger partial charge in [-0.25, -0.2) is 0 Å². The molecule has 0 heterocycles. The molecule has 0 spiro atoms. The first-order valence-electron chi connectivity index (χ1n) is 3.50. The van der Waals surface area contributed by atoms with Gasteiger partial charge in [-0.1, -0.05) is 0 Å². The van der Waals surface area contributed by atoms with Gasteiger partial charge in [0.05, 0.1) is 0 Å². The second-order valence-electron chi connectivity index (χ2n) is 2.56. The van der Waals surface area contributed by atoms with Crippen LogP contribution < -0.4 is 0 Å². The van der Waals surface area contributed by atoms with Crippen LogP contribution in [0.2, 0.25) is 0 Å². The number of hydrogen-bond acceptors (Lipinski definition) is 0. The van der Waals surface area contributed by atoms with Crippen molar-refractivity contribution in [2.24, 2.45) is 0 Å². The van der Waals surface area contributed by atoms with Crippen molar-refractivity contribution >= 4 is 0 Å². The van der Waals surface area contributed by atoms with Gasteiger partial charge in [-0.05, 0) is 0 Å². The molecule has 0 amide bonds. The van der Waals surface area contributed by atoms with Crippen LogP contribution in [0.1, 0.15) is 40.0 Å². The maximum absolute atomic E-state index is 3.64. The average molecular weight is 216 g/mol. The van der Waals surface area contributed by atoms with Gasteiger partial charge in [0.2, 0.25) is 0 Å². The van der Waals surface area contributed by atoms with E-state index >= 15 is 0 Å². The smallest absolute Gasteiger partial charge is 0.343 e. The minimum absolute atomic E-state index is 0. The van der Waals surface area contributed by atoms with Crippen molar-refractivity contribution < 1.29 is 32.7 Å². The molecule has 0 aromatic heterocycles. The Balaban J connectivity index is -0.0000000910. The first-order valence-corrected chi connectivity index (χ1v) is 3.50. The fraction of sp³-hybridized carbons (Fsp3) is 0.667. The summed E-state index contributed by atoms with van der Waals surface area (Å²) < 4.78 is 0. The van der Waals surface area contributed by atoms with E-state index in [0.29, 0.717) is 0 Å². The summed E-state index contributed by atoms with van der Waals surface area (Å²) >= 11 is 0. The molecule has 0 aromatic rings. The first-order chi connectivity index (χ1) is 4.15.